The van der Waals surface area contributed by atoms with Crippen molar-refractivity contribution in [1.29, 1.82) is 0 Å². The molecule has 17 heteroatoms. The van der Waals surface area contributed by atoms with E-state index < -0.39 is 60.6 Å². The minimum Gasteiger partial charge on any atom is -0.445 e. The number of azide groups is 1. The summed E-state index contributed by atoms with van der Waals surface area (Å²) >= 11 is 0. The molecular weight excluding hydrogens is 863 g/mol. The predicted molar refractivity (Wildman–Crippen MR) is 266 cm³/mol. The number of hydrogen-bond donors (Lipinski definition) is 5. The van der Waals surface area contributed by atoms with Gasteiger partial charge in [-0.25, -0.2) is 4.79 Å². The van der Waals surface area contributed by atoms with Crippen molar-refractivity contribution in [2.24, 2.45) is 22.4 Å². The van der Waals surface area contributed by atoms with Gasteiger partial charge in [0.25, 0.3) is 0 Å². The number of nitrogens with zero attached hydrogens (tertiary/aromatic N) is 3. The Hall–Kier alpha value is -4.34. The van der Waals surface area contributed by atoms with Crippen molar-refractivity contribution in [2.45, 2.75) is 225 Å². The highest BCUT2D eigenvalue weighted by atomic mass is 16.7. The van der Waals surface area contributed by atoms with E-state index in [4.69, 9.17) is 19.6 Å². The van der Waals surface area contributed by atoms with E-state index in [0.29, 0.717) is 69.9 Å². The second-order valence-electron chi connectivity index (χ2n) is 20.5. The number of benzene rings is 1. The van der Waals surface area contributed by atoms with Crippen molar-refractivity contribution in [3.8, 4) is 0 Å². The van der Waals surface area contributed by atoms with Crippen LogP contribution in [0.4, 0.5) is 4.79 Å². The van der Waals surface area contributed by atoms with Crippen LogP contribution in [0, 0.1) is 17.3 Å². The fourth-order valence-corrected chi connectivity index (χ4v) is 10.3. The van der Waals surface area contributed by atoms with Gasteiger partial charge in [-0.1, -0.05) is 140 Å². The van der Waals surface area contributed by atoms with Crippen molar-refractivity contribution in [3.05, 3.63) is 46.3 Å². The molecule has 5 rings (SSSR count). The van der Waals surface area contributed by atoms with E-state index in [0.717, 1.165) is 44.1 Å². The van der Waals surface area contributed by atoms with Gasteiger partial charge >= 0.3 is 13.2 Å². The molecule has 68 heavy (non-hydrogen) atoms. The molecule has 3 aliphatic carbocycles. The summed E-state index contributed by atoms with van der Waals surface area (Å²) in [5.74, 6) is -1.32. The van der Waals surface area contributed by atoms with Gasteiger partial charge in [-0.2, -0.15) is 0 Å². The van der Waals surface area contributed by atoms with Crippen LogP contribution in [-0.4, -0.2) is 85.7 Å². The molecule has 5 N–H and O–H groups in total. The molecule has 0 unspecified atom stereocenters. The average Bonchev–Trinajstić information content (AvgIpc) is 3.68. The van der Waals surface area contributed by atoms with Gasteiger partial charge in [0.1, 0.15) is 24.7 Å². The molecule has 1 saturated heterocycles. The number of alkyl carbamates (subject to hydrolysis) is 1. The average molecular weight is 949 g/mol. The Morgan fingerprint density at radius 3 is 2.00 bits per heavy atom. The third-order valence-electron chi connectivity index (χ3n) is 14.8. The Bertz CT molecular complexity index is 1770. The summed E-state index contributed by atoms with van der Waals surface area (Å²) < 4.78 is 18.5. The SMILES string of the molecule is CCCCCCCCCCCCCCCC(=O)N[C@@H](CCCCNC(=O)OCc1ccccc1)C(=O)N[C@@H](C)C(=O)N[C@@H](C)C(=O)N[C@@H](CCCCN=[N+]=[N-])B1O[C@@H]2C[C@@H]3C[C@@H](C3(C)C)[C@]2(C)O1. The fourth-order valence-electron chi connectivity index (χ4n) is 10.3. The Labute approximate surface area is 407 Å². The molecule has 2 bridgehead atoms. The van der Waals surface area contributed by atoms with E-state index in [2.05, 4.69) is 64.3 Å². The third-order valence-corrected chi connectivity index (χ3v) is 14.8. The van der Waals surface area contributed by atoms with Crippen LogP contribution < -0.4 is 26.6 Å². The monoisotopic (exact) mass is 949 g/mol. The standard InChI is InChI=1S/C51H85BN8O8/c1-7-8-9-10-11-12-13-14-15-16-17-18-22-31-45(61)58-41(29-23-25-32-54-49(65)66-36-39-27-20-19-21-28-39)48(64)57-37(2)46(62)56-38(3)47(63)59-44(30-24-26-33-55-60-53)52-67-43-35-40-34-42(50(40,4)5)51(43,6)68-52/h19-21,27-28,37-38,40-44H,7-18,22-26,29-36H2,1-6H3,(H,54,65)(H,56,62)(H,57,64)(H,58,61)(H,59,63)/t37-,38-,40-,41-,42-,43+,44-,51-/m0/s1. The molecule has 3 saturated carbocycles. The highest BCUT2D eigenvalue weighted by Gasteiger charge is 2.68. The highest BCUT2D eigenvalue weighted by Crippen LogP contribution is 2.65. The van der Waals surface area contributed by atoms with Gasteiger partial charge in [0.15, 0.2) is 0 Å². The number of ether oxygens (including phenoxy) is 1. The molecule has 1 aromatic carbocycles. The number of nitrogens with one attached hydrogen (secondary N) is 5. The van der Waals surface area contributed by atoms with Crippen molar-refractivity contribution in [2.75, 3.05) is 13.1 Å². The summed E-state index contributed by atoms with van der Waals surface area (Å²) in [5, 5.41) is 17.9. The van der Waals surface area contributed by atoms with E-state index in [1.54, 1.807) is 6.92 Å². The smallest absolute Gasteiger partial charge is 0.445 e. The van der Waals surface area contributed by atoms with E-state index in [9.17, 15) is 24.0 Å². The van der Waals surface area contributed by atoms with Crippen LogP contribution in [0.3, 0.4) is 0 Å². The zero-order valence-corrected chi connectivity index (χ0v) is 42.3. The van der Waals surface area contributed by atoms with Crippen molar-refractivity contribution in [1.82, 2.24) is 26.6 Å². The van der Waals surface area contributed by atoms with E-state index >= 15 is 0 Å². The zero-order chi connectivity index (χ0) is 49.4. The molecule has 5 amide bonds. The number of rotatable bonds is 34. The van der Waals surface area contributed by atoms with Gasteiger partial charge in [-0.15, -0.1) is 0 Å². The van der Waals surface area contributed by atoms with Crippen LogP contribution in [0.1, 0.15) is 188 Å². The minimum atomic E-state index is -1.02. The van der Waals surface area contributed by atoms with Crippen LogP contribution in [0.15, 0.2) is 35.4 Å². The summed E-state index contributed by atoms with van der Waals surface area (Å²) in [6, 6.07) is 6.51. The minimum absolute atomic E-state index is 0.0769. The van der Waals surface area contributed by atoms with Gasteiger partial charge in [0, 0.05) is 24.4 Å². The van der Waals surface area contributed by atoms with Crippen LogP contribution in [0.25, 0.3) is 10.4 Å². The largest absolute Gasteiger partial charge is 0.481 e. The fraction of sp³-hybridized carbons (Fsp3) is 0.784. The Kier molecular flexibility index (Phi) is 24.5. The van der Waals surface area contributed by atoms with Gasteiger partial charge in [0.05, 0.1) is 17.6 Å². The van der Waals surface area contributed by atoms with Crippen LogP contribution in [-0.2, 0) is 39.8 Å². The number of unbranched alkanes of at least 4 members (excludes halogenated alkanes) is 14. The number of carbonyl (C=O) groups excluding carboxylic acids is 5. The molecule has 1 aromatic rings. The first-order valence-corrected chi connectivity index (χ1v) is 26.2. The maximum atomic E-state index is 13.7. The molecule has 0 aromatic heterocycles. The van der Waals surface area contributed by atoms with Gasteiger partial charge in [0.2, 0.25) is 23.6 Å². The van der Waals surface area contributed by atoms with Gasteiger partial charge in [-0.3, -0.25) is 19.2 Å². The second kappa shape index (κ2) is 29.6. The summed E-state index contributed by atoms with van der Waals surface area (Å²) in [7, 11) is -0.675. The molecule has 8 atom stereocenters. The number of hydrogen-bond acceptors (Lipinski definition) is 9. The topological polar surface area (TPSA) is 222 Å². The van der Waals surface area contributed by atoms with Crippen LogP contribution >= 0.6 is 0 Å². The first-order chi connectivity index (χ1) is 32.7. The van der Waals surface area contributed by atoms with Crippen molar-refractivity contribution in [3.63, 3.8) is 0 Å². The lowest BCUT2D eigenvalue weighted by atomic mass is 9.43. The van der Waals surface area contributed by atoms with Gasteiger partial charge in [-0.05, 0) is 100 Å². The lowest BCUT2D eigenvalue weighted by Gasteiger charge is -2.64. The maximum Gasteiger partial charge on any atom is 0.481 e. The second-order valence-corrected chi connectivity index (χ2v) is 20.5. The van der Waals surface area contributed by atoms with Crippen LogP contribution in [0.5, 0.6) is 0 Å². The first kappa shape index (κ1) is 56.3. The van der Waals surface area contributed by atoms with E-state index in [1.165, 1.54) is 64.7 Å². The lowest BCUT2D eigenvalue weighted by Crippen LogP contribution is -2.65. The molecule has 4 aliphatic rings. The van der Waals surface area contributed by atoms with Crippen LogP contribution in [0.2, 0.25) is 0 Å². The quantitative estimate of drug-likeness (QED) is 0.0147. The summed E-state index contributed by atoms with van der Waals surface area (Å²) in [6.45, 7) is 12.9. The van der Waals surface area contributed by atoms with E-state index in [1.807, 2.05) is 30.3 Å². The maximum absolute atomic E-state index is 13.7. The Balaban J connectivity index is 1.25. The zero-order valence-electron chi connectivity index (χ0n) is 42.3. The molecule has 4 fully saturated rings. The molecule has 16 nitrogen and oxygen atoms in total. The first-order valence-electron chi connectivity index (χ1n) is 26.2. The normalized spacial score (nSPS) is 21.7. The molecule has 0 spiro atoms. The third kappa shape index (κ3) is 18.2. The molecule has 380 valence electrons. The number of carbonyl (C=O) groups is 5. The summed E-state index contributed by atoms with van der Waals surface area (Å²) in [5.41, 5.74) is 9.29. The summed E-state index contributed by atoms with van der Waals surface area (Å²) in [4.78, 5) is 69.2. The van der Waals surface area contributed by atoms with E-state index in [-0.39, 0.29) is 24.0 Å². The van der Waals surface area contributed by atoms with Crippen molar-refractivity contribution >= 4 is 36.8 Å². The number of amides is 5. The lowest BCUT2D eigenvalue weighted by molar-refractivity contribution is -0.199. The summed E-state index contributed by atoms with van der Waals surface area (Å²) in [6.07, 6.45) is 20.4. The Morgan fingerprint density at radius 1 is 0.765 bits per heavy atom. The highest BCUT2D eigenvalue weighted by molar-refractivity contribution is 6.48. The molecule has 1 heterocycles. The Morgan fingerprint density at radius 2 is 1.37 bits per heavy atom. The van der Waals surface area contributed by atoms with Gasteiger partial charge < -0.3 is 40.6 Å². The molecular formula is C51H85BN8O8. The molecule has 0 radical (unpaired) electrons. The molecule has 1 aliphatic heterocycles. The van der Waals surface area contributed by atoms with Crippen molar-refractivity contribution < 1.29 is 38.0 Å². The predicted octanol–water partition coefficient (Wildman–Crippen LogP) is 9.29.